The van der Waals surface area contributed by atoms with Crippen LogP contribution in [0.3, 0.4) is 0 Å². The Kier molecular flexibility index (Phi) is 3.55. The van der Waals surface area contributed by atoms with Crippen LogP contribution in [0.2, 0.25) is 0 Å². The molecule has 0 radical (unpaired) electrons. The van der Waals surface area contributed by atoms with E-state index in [1.165, 1.54) is 5.56 Å². The first kappa shape index (κ1) is 13.9. The van der Waals surface area contributed by atoms with E-state index in [4.69, 9.17) is 16.3 Å². The predicted octanol–water partition coefficient (Wildman–Crippen LogP) is 3.78. The van der Waals surface area contributed by atoms with Crippen LogP contribution in [0, 0.1) is 13.8 Å². The Morgan fingerprint density at radius 1 is 1.14 bits per heavy atom. The van der Waals surface area contributed by atoms with Crippen molar-refractivity contribution < 1.29 is 4.74 Å². The molecule has 0 N–H and O–H groups in total. The predicted molar refractivity (Wildman–Crippen MR) is 84.4 cm³/mol. The van der Waals surface area contributed by atoms with Crippen molar-refractivity contribution in [3.8, 4) is 11.6 Å². The number of hydrogen-bond donors (Lipinski definition) is 0. The zero-order valence-corrected chi connectivity index (χ0v) is 13.0. The number of imidazole rings is 1. The normalized spacial score (nSPS) is 11.0. The van der Waals surface area contributed by atoms with Crippen molar-refractivity contribution in [2.75, 3.05) is 7.11 Å². The lowest BCUT2D eigenvalue weighted by molar-refractivity contribution is 0.399. The Balaban J connectivity index is 2.33. The van der Waals surface area contributed by atoms with Crippen molar-refractivity contribution >= 4 is 22.8 Å². The van der Waals surface area contributed by atoms with Gasteiger partial charge in [0.2, 0.25) is 5.88 Å². The maximum Gasteiger partial charge on any atom is 0.215 e. The number of fused-ring (bicyclic) bond motifs is 1. The molecule has 4 nitrogen and oxygen atoms in total. The molecule has 0 bridgehead atoms. The van der Waals surface area contributed by atoms with E-state index >= 15 is 0 Å². The average molecular weight is 302 g/mol. The van der Waals surface area contributed by atoms with Gasteiger partial charge in [0.1, 0.15) is 11.3 Å². The van der Waals surface area contributed by atoms with E-state index in [0.717, 1.165) is 28.2 Å². The zero-order chi connectivity index (χ0) is 15.0. The number of alkyl halides is 1. The summed E-state index contributed by atoms with van der Waals surface area (Å²) in [4.78, 5) is 9.08. The Hall–Kier alpha value is -2.07. The monoisotopic (exact) mass is 301 g/mol. The van der Waals surface area contributed by atoms with Gasteiger partial charge in [0, 0.05) is 6.07 Å². The van der Waals surface area contributed by atoms with E-state index in [-0.39, 0.29) is 0 Å². The number of aryl methyl sites for hydroxylation is 2. The summed E-state index contributed by atoms with van der Waals surface area (Å²) in [5, 5.41) is 0. The molecule has 2 aromatic heterocycles. The fourth-order valence-corrected chi connectivity index (χ4v) is 2.68. The standard InChI is InChI=1S/C16H16ClN3O/c1-10-4-6-13(11(2)8-10)20-14(9-17)18-12-5-7-15(21-3)19-16(12)20/h4-8H,9H2,1-3H3. The van der Waals surface area contributed by atoms with Crippen molar-refractivity contribution in [1.82, 2.24) is 14.5 Å². The Morgan fingerprint density at radius 3 is 2.62 bits per heavy atom. The van der Waals surface area contributed by atoms with Crippen molar-refractivity contribution in [1.29, 1.82) is 0 Å². The Bertz CT molecular complexity index is 811. The van der Waals surface area contributed by atoms with Crippen molar-refractivity contribution in [2.45, 2.75) is 19.7 Å². The fraction of sp³-hybridized carbons (Fsp3) is 0.250. The first-order chi connectivity index (χ1) is 10.1. The molecule has 0 saturated heterocycles. The molecule has 0 amide bonds. The maximum atomic E-state index is 6.07. The highest BCUT2D eigenvalue weighted by Gasteiger charge is 2.15. The summed E-state index contributed by atoms with van der Waals surface area (Å²) in [6, 6.07) is 9.99. The largest absolute Gasteiger partial charge is 0.481 e. The lowest BCUT2D eigenvalue weighted by atomic mass is 10.1. The van der Waals surface area contributed by atoms with E-state index in [9.17, 15) is 0 Å². The number of aromatic nitrogens is 3. The number of rotatable bonds is 3. The topological polar surface area (TPSA) is 39.9 Å². The van der Waals surface area contributed by atoms with Gasteiger partial charge in [-0.25, -0.2) is 4.98 Å². The number of pyridine rings is 1. The second kappa shape index (κ2) is 5.37. The SMILES string of the molecule is COc1ccc2nc(CCl)n(-c3ccc(C)cc3C)c2n1. The molecule has 0 unspecified atom stereocenters. The lowest BCUT2D eigenvalue weighted by Gasteiger charge is -2.11. The first-order valence-electron chi connectivity index (χ1n) is 6.70. The molecule has 108 valence electrons. The molecule has 5 heteroatoms. The van der Waals surface area contributed by atoms with Gasteiger partial charge in [0.15, 0.2) is 5.65 Å². The molecule has 0 aliphatic rings. The number of ether oxygens (including phenoxy) is 1. The molecule has 1 aromatic carbocycles. The summed E-state index contributed by atoms with van der Waals surface area (Å²) in [6.07, 6.45) is 0. The molecule has 3 rings (SSSR count). The summed E-state index contributed by atoms with van der Waals surface area (Å²) in [7, 11) is 1.61. The van der Waals surface area contributed by atoms with Crippen LogP contribution in [0.4, 0.5) is 0 Å². The number of benzene rings is 1. The van der Waals surface area contributed by atoms with Crippen molar-refractivity contribution in [2.24, 2.45) is 0 Å². The third-order valence-electron chi connectivity index (χ3n) is 3.47. The zero-order valence-electron chi connectivity index (χ0n) is 12.2. The minimum Gasteiger partial charge on any atom is -0.481 e. The number of hydrogen-bond acceptors (Lipinski definition) is 3. The lowest BCUT2D eigenvalue weighted by Crippen LogP contribution is -2.03. The maximum absolute atomic E-state index is 6.07. The Morgan fingerprint density at radius 2 is 1.95 bits per heavy atom. The van der Waals surface area contributed by atoms with Crippen LogP contribution in [0.5, 0.6) is 5.88 Å². The third-order valence-corrected chi connectivity index (χ3v) is 3.71. The highest BCUT2D eigenvalue weighted by Crippen LogP contribution is 2.25. The summed E-state index contributed by atoms with van der Waals surface area (Å²) >= 11 is 6.07. The molecule has 0 aliphatic heterocycles. The van der Waals surface area contributed by atoms with Crippen molar-refractivity contribution in [3.05, 3.63) is 47.3 Å². The quantitative estimate of drug-likeness (QED) is 0.691. The van der Waals surface area contributed by atoms with E-state index in [1.54, 1.807) is 13.2 Å². The fourth-order valence-electron chi connectivity index (χ4n) is 2.50. The molecule has 0 spiro atoms. The Labute approximate surface area is 128 Å². The van der Waals surface area contributed by atoms with Gasteiger partial charge in [-0.15, -0.1) is 11.6 Å². The molecule has 0 saturated carbocycles. The highest BCUT2D eigenvalue weighted by molar-refractivity contribution is 6.16. The molecule has 2 heterocycles. The number of methoxy groups -OCH3 is 1. The molecule has 21 heavy (non-hydrogen) atoms. The first-order valence-corrected chi connectivity index (χ1v) is 7.23. The third kappa shape index (κ3) is 2.36. The van der Waals surface area contributed by atoms with E-state index in [1.807, 2.05) is 10.6 Å². The number of nitrogens with zero attached hydrogens (tertiary/aromatic N) is 3. The van der Waals surface area contributed by atoms with Crippen LogP contribution in [-0.2, 0) is 5.88 Å². The van der Waals surface area contributed by atoms with Gasteiger partial charge >= 0.3 is 0 Å². The van der Waals surface area contributed by atoms with Crippen LogP contribution < -0.4 is 4.74 Å². The molecular weight excluding hydrogens is 286 g/mol. The highest BCUT2D eigenvalue weighted by atomic mass is 35.5. The van der Waals surface area contributed by atoms with Crippen LogP contribution >= 0.6 is 11.6 Å². The van der Waals surface area contributed by atoms with Crippen LogP contribution in [-0.4, -0.2) is 21.6 Å². The number of halogens is 1. The summed E-state index contributed by atoms with van der Waals surface area (Å²) < 4.78 is 7.22. The minimum atomic E-state index is 0.325. The molecule has 0 fully saturated rings. The smallest absolute Gasteiger partial charge is 0.215 e. The van der Waals surface area contributed by atoms with Crippen LogP contribution in [0.25, 0.3) is 16.9 Å². The molecule has 0 aliphatic carbocycles. The van der Waals surface area contributed by atoms with Crippen LogP contribution in [0.1, 0.15) is 17.0 Å². The summed E-state index contributed by atoms with van der Waals surface area (Å²) in [5.41, 5.74) is 4.99. The van der Waals surface area contributed by atoms with Gasteiger partial charge in [-0.05, 0) is 31.5 Å². The minimum absolute atomic E-state index is 0.325. The van der Waals surface area contributed by atoms with Gasteiger partial charge in [0.05, 0.1) is 18.7 Å². The van der Waals surface area contributed by atoms with Crippen LogP contribution in [0.15, 0.2) is 30.3 Å². The van der Waals surface area contributed by atoms with Gasteiger partial charge in [-0.3, -0.25) is 4.57 Å². The van der Waals surface area contributed by atoms with Gasteiger partial charge in [-0.1, -0.05) is 17.7 Å². The average Bonchev–Trinajstić information content (AvgIpc) is 2.84. The second-order valence-corrected chi connectivity index (χ2v) is 5.25. The van der Waals surface area contributed by atoms with E-state index in [0.29, 0.717) is 11.8 Å². The van der Waals surface area contributed by atoms with E-state index in [2.05, 4.69) is 42.0 Å². The summed E-state index contributed by atoms with van der Waals surface area (Å²) in [6.45, 7) is 4.15. The molecular formula is C16H16ClN3O. The van der Waals surface area contributed by atoms with Gasteiger partial charge in [0.25, 0.3) is 0 Å². The van der Waals surface area contributed by atoms with Crippen molar-refractivity contribution in [3.63, 3.8) is 0 Å². The van der Waals surface area contributed by atoms with Gasteiger partial charge in [-0.2, -0.15) is 4.98 Å². The molecule has 0 atom stereocenters. The second-order valence-electron chi connectivity index (χ2n) is 4.98. The summed E-state index contributed by atoms with van der Waals surface area (Å²) in [5.74, 6) is 1.67. The van der Waals surface area contributed by atoms with Gasteiger partial charge < -0.3 is 4.74 Å². The molecule has 3 aromatic rings. The van der Waals surface area contributed by atoms with E-state index < -0.39 is 0 Å².